The van der Waals surface area contributed by atoms with E-state index in [0.29, 0.717) is 11.1 Å². The zero-order chi connectivity index (χ0) is 25.3. The second kappa shape index (κ2) is 12.1. The number of hydrogen-bond acceptors (Lipinski definition) is 7. The van der Waals surface area contributed by atoms with E-state index in [4.69, 9.17) is 9.47 Å². The van der Waals surface area contributed by atoms with Gasteiger partial charge in [0.05, 0.1) is 13.0 Å². The Balaban J connectivity index is 3.05. The van der Waals surface area contributed by atoms with Crippen LogP contribution in [0.25, 0.3) is 0 Å². The molecule has 1 rings (SSSR count). The monoisotopic (exact) mass is 465 g/mol. The van der Waals surface area contributed by atoms with E-state index in [1.807, 2.05) is 0 Å². The highest BCUT2D eigenvalue weighted by atomic mass is 16.6. The van der Waals surface area contributed by atoms with Crippen molar-refractivity contribution in [2.24, 2.45) is 0 Å². The first-order chi connectivity index (χ1) is 15.3. The van der Waals surface area contributed by atoms with Crippen LogP contribution in [0.5, 0.6) is 5.75 Å². The van der Waals surface area contributed by atoms with Gasteiger partial charge < -0.3 is 30.1 Å². The first-order valence-electron chi connectivity index (χ1n) is 10.8. The molecular weight excluding hydrogens is 430 g/mol. The van der Waals surface area contributed by atoms with Gasteiger partial charge in [0, 0.05) is 13.6 Å². The number of phenolic OH excluding ortho intramolecular Hbond substituents is 1. The third-order valence-corrected chi connectivity index (χ3v) is 4.56. The molecule has 2 atom stereocenters. The molecule has 184 valence electrons. The van der Waals surface area contributed by atoms with Crippen LogP contribution in [0.2, 0.25) is 0 Å². The van der Waals surface area contributed by atoms with E-state index in [0.717, 1.165) is 0 Å². The summed E-state index contributed by atoms with van der Waals surface area (Å²) >= 11 is 0. The van der Waals surface area contributed by atoms with E-state index in [2.05, 4.69) is 10.6 Å². The summed E-state index contributed by atoms with van der Waals surface area (Å²) in [7, 11) is 1.44. The van der Waals surface area contributed by atoms with Crippen LogP contribution in [0.1, 0.15) is 58.2 Å². The Bertz CT molecular complexity index is 864. The molecule has 0 fully saturated rings. The zero-order valence-corrected chi connectivity index (χ0v) is 20.4. The lowest BCUT2D eigenvalue weighted by Gasteiger charge is -2.30. The van der Waals surface area contributed by atoms with Gasteiger partial charge in [0.1, 0.15) is 23.4 Å². The summed E-state index contributed by atoms with van der Waals surface area (Å²) in [6.07, 6.45) is -0.775. The molecule has 3 amide bonds. The van der Waals surface area contributed by atoms with E-state index in [1.54, 1.807) is 40.7 Å². The second-order valence-corrected chi connectivity index (χ2v) is 8.61. The average molecular weight is 466 g/mol. The largest absolute Gasteiger partial charge is 0.508 e. The summed E-state index contributed by atoms with van der Waals surface area (Å²) in [4.78, 5) is 50.9. The molecule has 3 N–H and O–H groups in total. The third kappa shape index (κ3) is 8.99. The van der Waals surface area contributed by atoms with Crippen LogP contribution in [-0.2, 0) is 23.9 Å². The minimum absolute atomic E-state index is 0.0187. The molecule has 0 spiro atoms. The van der Waals surface area contributed by atoms with Gasteiger partial charge in [0.15, 0.2) is 0 Å². The first kappa shape index (κ1) is 27.7. The molecule has 0 aliphatic carbocycles. The van der Waals surface area contributed by atoms with Crippen LogP contribution < -0.4 is 10.6 Å². The molecule has 0 aliphatic heterocycles. The molecule has 0 saturated carbocycles. The molecule has 0 heterocycles. The van der Waals surface area contributed by atoms with Crippen molar-refractivity contribution in [1.29, 1.82) is 0 Å². The summed E-state index contributed by atoms with van der Waals surface area (Å²) in [6.45, 7) is 10.2. The Labute approximate surface area is 194 Å². The topological polar surface area (TPSA) is 134 Å². The van der Waals surface area contributed by atoms with E-state index < -0.39 is 41.6 Å². The van der Waals surface area contributed by atoms with E-state index >= 15 is 0 Å². The van der Waals surface area contributed by atoms with Crippen molar-refractivity contribution in [2.75, 3.05) is 20.2 Å². The van der Waals surface area contributed by atoms with Crippen molar-refractivity contribution >= 4 is 23.9 Å². The minimum atomic E-state index is -1.07. The number of carbonyl (C=O) groups is 4. The maximum atomic E-state index is 13.0. The lowest BCUT2D eigenvalue weighted by atomic mass is 10.0. The van der Waals surface area contributed by atoms with Crippen molar-refractivity contribution in [3.05, 3.63) is 29.3 Å². The number of likely N-dealkylation sites (N-methyl/N-ethyl adjacent to an activating group) is 1. The van der Waals surface area contributed by atoms with Crippen molar-refractivity contribution in [3.8, 4) is 5.75 Å². The Kier molecular flexibility index (Phi) is 10.2. The number of aryl methyl sites for hydroxylation is 1. The van der Waals surface area contributed by atoms with Crippen LogP contribution in [0.15, 0.2) is 18.2 Å². The molecule has 33 heavy (non-hydrogen) atoms. The molecule has 10 heteroatoms. The van der Waals surface area contributed by atoms with Gasteiger partial charge in [-0.2, -0.15) is 0 Å². The molecule has 0 aromatic heterocycles. The fourth-order valence-electron chi connectivity index (χ4n) is 3.00. The van der Waals surface area contributed by atoms with E-state index in [1.165, 1.54) is 31.0 Å². The third-order valence-electron chi connectivity index (χ3n) is 4.56. The smallest absolute Gasteiger partial charge is 0.408 e. The molecule has 0 radical (unpaired) electrons. The number of rotatable bonds is 9. The van der Waals surface area contributed by atoms with Crippen LogP contribution >= 0.6 is 0 Å². The number of nitrogens with one attached hydrogen (secondary N) is 2. The van der Waals surface area contributed by atoms with Crippen LogP contribution in [-0.4, -0.2) is 65.7 Å². The Morgan fingerprint density at radius 2 is 1.82 bits per heavy atom. The summed E-state index contributed by atoms with van der Waals surface area (Å²) in [5.41, 5.74) is 0.251. The lowest BCUT2D eigenvalue weighted by Crippen LogP contribution is -2.50. The van der Waals surface area contributed by atoms with Crippen molar-refractivity contribution in [2.45, 2.75) is 65.6 Å². The SMILES string of the molecule is CCOC(=O)CCNC(=O)C(c1ccc(O)c(C)c1)N(C)C(=O)C(C)NC(=O)OC(C)(C)C. The molecule has 10 nitrogen and oxygen atoms in total. The second-order valence-electron chi connectivity index (χ2n) is 8.61. The van der Waals surface area contributed by atoms with Crippen LogP contribution in [0.4, 0.5) is 4.79 Å². The number of benzene rings is 1. The molecule has 1 aromatic rings. The van der Waals surface area contributed by atoms with Gasteiger partial charge in [0.25, 0.3) is 0 Å². The number of amides is 3. The highest BCUT2D eigenvalue weighted by Gasteiger charge is 2.32. The van der Waals surface area contributed by atoms with Gasteiger partial charge in [-0.05, 0) is 64.8 Å². The fourth-order valence-corrected chi connectivity index (χ4v) is 3.00. The molecule has 0 saturated heterocycles. The molecule has 0 aliphatic rings. The molecule has 0 bridgehead atoms. The summed E-state index contributed by atoms with van der Waals surface area (Å²) in [5.74, 6) is -1.45. The number of carbonyl (C=O) groups excluding carboxylic acids is 4. The van der Waals surface area contributed by atoms with Crippen LogP contribution in [0, 0.1) is 6.92 Å². The highest BCUT2D eigenvalue weighted by Crippen LogP contribution is 2.26. The maximum absolute atomic E-state index is 13.0. The van der Waals surface area contributed by atoms with Gasteiger partial charge in [-0.3, -0.25) is 14.4 Å². The first-order valence-corrected chi connectivity index (χ1v) is 10.8. The molecular formula is C23H35N3O7. The van der Waals surface area contributed by atoms with Gasteiger partial charge in [-0.1, -0.05) is 6.07 Å². The fraction of sp³-hybridized carbons (Fsp3) is 0.565. The van der Waals surface area contributed by atoms with Gasteiger partial charge in [0.2, 0.25) is 11.8 Å². The standard InChI is InChI=1S/C23H35N3O7/c1-8-32-18(28)11-12-24-20(29)19(16-9-10-17(27)14(2)13-16)26(7)21(30)15(3)25-22(31)33-23(4,5)6/h9-10,13,15,19,27H,8,11-12H2,1-7H3,(H,24,29)(H,25,31). The van der Waals surface area contributed by atoms with Crippen LogP contribution in [0.3, 0.4) is 0 Å². The van der Waals surface area contributed by atoms with Gasteiger partial charge in [-0.15, -0.1) is 0 Å². The highest BCUT2D eigenvalue weighted by molar-refractivity contribution is 5.92. The van der Waals surface area contributed by atoms with Crippen molar-refractivity contribution in [3.63, 3.8) is 0 Å². The van der Waals surface area contributed by atoms with Crippen molar-refractivity contribution < 1.29 is 33.8 Å². The number of aromatic hydroxyl groups is 1. The van der Waals surface area contributed by atoms with Gasteiger partial charge in [-0.25, -0.2) is 4.79 Å². The minimum Gasteiger partial charge on any atom is -0.508 e. The average Bonchev–Trinajstić information content (AvgIpc) is 2.68. The predicted molar refractivity (Wildman–Crippen MR) is 121 cm³/mol. The number of ether oxygens (including phenoxy) is 2. The molecule has 2 unspecified atom stereocenters. The predicted octanol–water partition coefficient (Wildman–Crippen LogP) is 2.18. The number of alkyl carbamates (subject to hydrolysis) is 1. The number of hydrogen-bond donors (Lipinski definition) is 3. The van der Waals surface area contributed by atoms with E-state index in [9.17, 15) is 24.3 Å². The van der Waals surface area contributed by atoms with Crippen molar-refractivity contribution in [1.82, 2.24) is 15.5 Å². The Hall–Kier alpha value is -3.30. The summed E-state index contributed by atoms with van der Waals surface area (Å²) in [5, 5.41) is 15.0. The number of phenols is 1. The lowest BCUT2D eigenvalue weighted by molar-refractivity contribution is -0.143. The normalized spacial score (nSPS) is 12.8. The summed E-state index contributed by atoms with van der Waals surface area (Å²) < 4.78 is 10.0. The maximum Gasteiger partial charge on any atom is 0.408 e. The zero-order valence-electron chi connectivity index (χ0n) is 20.4. The Morgan fingerprint density at radius 1 is 1.18 bits per heavy atom. The quantitative estimate of drug-likeness (QED) is 0.476. The number of nitrogens with zero attached hydrogens (tertiary/aromatic N) is 1. The molecule has 1 aromatic carbocycles. The summed E-state index contributed by atoms with van der Waals surface area (Å²) in [6, 6.07) is 2.53. The van der Waals surface area contributed by atoms with E-state index in [-0.39, 0.29) is 25.3 Å². The Morgan fingerprint density at radius 3 is 2.36 bits per heavy atom. The van der Waals surface area contributed by atoms with Gasteiger partial charge >= 0.3 is 12.1 Å². The number of esters is 1.